The molecule has 0 amide bonds. The van der Waals surface area contributed by atoms with Crippen molar-refractivity contribution in [2.24, 2.45) is 0 Å². The van der Waals surface area contributed by atoms with Gasteiger partial charge in [0.1, 0.15) is 18.0 Å². The van der Waals surface area contributed by atoms with Gasteiger partial charge in [0.05, 0.1) is 0 Å². The smallest absolute Gasteiger partial charge is 0.131 e. The summed E-state index contributed by atoms with van der Waals surface area (Å²) in [4.78, 5) is 11.8. The third-order valence-corrected chi connectivity index (χ3v) is 3.87. The van der Waals surface area contributed by atoms with Crippen LogP contribution in [0.15, 0.2) is 42.9 Å². The van der Waals surface area contributed by atoms with Crippen LogP contribution in [-0.4, -0.2) is 41.8 Å². The number of aromatic nitrogens is 3. The number of aromatic amines is 1. The molecule has 0 atom stereocenters. The molecule has 3 rings (SSSR count). The van der Waals surface area contributed by atoms with E-state index in [-0.39, 0.29) is 0 Å². The van der Waals surface area contributed by atoms with E-state index in [2.05, 4.69) is 50.0 Å². The molecule has 126 valence electrons. The van der Waals surface area contributed by atoms with Crippen LogP contribution in [0.1, 0.15) is 12.0 Å². The maximum absolute atomic E-state index is 5.03. The number of fused-ring (bicyclic) bond motifs is 1. The van der Waals surface area contributed by atoms with Crippen LogP contribution in [0.4, 0.5) is 11.6 Å². The Kier molecular flexibility index (Phi) is 5.63. The van der Waals surface area contributed by atoms with Gasteiger partial charge in [0.15, 0.2) is 0 Å². The standard InChI is InChI=1S/C18H23N5O/c1-24-10-4-8-19-17-11-18(23-13-22-17)20-9-7-14-12-21-16-6-3-2-5-15(14)16/h2-3,5-6,11-13,21H,4,7-10H2,1H3,(H2,19,20,22,23). The van der Waals surface area contributed by atoms with Gasteiger partial charge >= 0.3 is 0 Å². The van der Waals surface area contributed by atoms with Gasteiger partial charge in [0.2, 0.25) is 0 Å². The highest BCUT2D eigenvalue weighted by Crippen LogP contribution is 2.18. The second-order valence-electron chi connectivity index (χ2n) is 5.60. The Morgan fingerprint density at radius 2 is 1.88 bits per heavy atom. The molecule has 2 heterocycles. The summed E-state index contributed by atoms with van der Waals surface area (Å²) in [5, 5.41) is 7.91. The van der Waals surface area contributed by atoms with Crippen molar-refractivity contribution in [3.8, 4) is 0 Å². The molecule has 0 radical (unpaired) electrons. The number of H-pyrrole nitrogens is 1. The molecule has 0 unspecified atom stereocenters. The fraction of sp³-hybridized carbons (Fsp3) is 0.333. The average molecular weight is 325 g/mol. The normalized spacial score (nSPS) is 10.9. The number of para-hydroxylation sites is 1. The van der Waals surface area contributed by atoms with Crippen LogP contribution < -0.4 is 10.6 Å². The van der Waals surface area contributed by atoms with Crippen molar-refractivity contribution in [3.05, 3.63) is 48.4 Å². The van der Waals surface area contributed by atoms with Crippen LogP contribution in [0, 0.1) is 0 Å². The van der Waals surface area contributed by atoms with Crippen molar-refractivity contribution >= 4 is 22.5 Å². The van der Waals surface area contributed by atoms with Crippen LogP contribution >= 0.6 is 0 Å². The zero-order chi connectivity index (χ0) is 16.6. The third-order valence-electron chi connectivity index (χ3n) is 3.87. The van der Waals surface area contributed by atoms with E-state index in [0.717, 1.165) is 44.2 Å². The molecule has 6 nitrogen and oxygen atoms in total. The fourth-order valence-corrected chi connectivity index (χ4v) is 2.65. The Morgan fingerprint density at radius 3 is 2.71 bits per heavy atom. The summed E-state index contributed by atoms with van der Waals surface area (Å²) >= 11 is 0. The molecule has 2 aromatic heterocycles. The first-order valence-electron chi connectivity index (χ1n) is 8.20. The van der Waals surface area contributed by atoms with Gasteiger partial charge in [0.25, 0.3) is 0 Å². The van der Waals surface area contributed by atoms with Crippen molar-refractivity contribution in [2.75, 3.05) is 37.4 Å². The van der Waals surface area contributed by atoms with Crippen LogP contribution in [0.3, 0.4) is 0 Å². The number of benzene rings is 1. The molecule has 0 bridgehead atoms. The number of rotatable bonds is 9. The number of hydrogen-bond acceptors (Lipinski definition) is 5. The van der Waals surface area contributed by atoms with Crippen molar-refractivity contribution in [1.29, 1.82) is 0 Å². The van der Waals surface area contributed by atoms with Gasteiger partial charge in [-0.25, -0.2) is 9.97 Å². The molecule has 0 fully saturated rings. The second-order valence-corrected chi connectivity index (χ2v) is 5.60. The van der Waals surface area contributed by atoms with Crippen molar-refractivity contribution in [1.82, 2.24) is 15.0 Å². The van der Waals surface area contributed by atoms with E-state index < -0.39 is 0 Å². The van der Waals surface area contributed by atoms with E-state index in [1.165, 1.54) is 16.5 Å². The summed E-state index contributed by atoms with van der Waals surface area (Å²) in [7, 11) is 1.71. The Hall–Kier alpha value is -2.60. The van der Waals surface area contributed by atoms with E-state index in [1.807, 2.05) is 12.1 Å². The lowest BCUT2D eigenvalue weighted by atomic mass is 10.1. The fourth-order valence-electron chi connectivity index (χ4n) is 2.65. The number of hydrogen-bond donors (Lipinski definition) is 3. The van der Waals surface area contributed by atoms with Gasteiger partial charge < -0.3 is 20.4 Å². The first kappa shape index (κ1) is 16.3. The van der Waals surface area contributed by atoms with Gasteiger partial charge in [-0.15, -0.1) is 0 Å². The number of nitrogens with zero attached hydrogens (tertiary/aromatic N) is 2. The minimum atomic E-state index is 0.744. The van der Waals surface area contributed by atoms with Crippen molar-refractivity contribution in [3.63, 3.8) is 0 Å². The summed E-state index contributed by atoms with van der Waals surface area (Å²) in [6.07, 6.45) is 5.54. The predicted octanol–water partition coefficient (Wildman–Crippen LogP) is 3.06. The molecular formula is C18H23N5O. The van der Waals surface area contributed by atoms with Gasteiger partial charge in [-0.05, 0) is 24.5 Å². The largest absolute Gasteiger partial charge is 0.385 e. The molecule has 1 aromatic carbocycles. The lowest BCUT2D eigenvalue weighted by Gasteiger charge is -2.08. The van der Waals surface area contributed by atoms with E-state index in [4.69, 9.17) is 4.74 Å². The van der Waals surface area contributed by atoms with E-state index >= 15 is 0 Å². The molecule has 3 aromatic rings. The summed E-state index contributed by atoms with van der Waals surface area (Å²) in [6.45, 7) is 2.40. The Labute approximate surface area is 141 Å². The first-order valence-corrected chi connectivity index (χ1v) is 8.20. The minimum absolute atomic E-state index is 0.744. The number of ether oxygens (including phenoxy) is 1. The highest BCUT2D eigenvalue weighted by Gasteiger charge is 2.03. The molecular weight excluding hydrogens is 302 g/mol. The molecule has 0 aliphatic rings. The van der Waals surface area contributed by atoms with E-state index in [9.17, 15) is 0 Å². The van der Waals surface area contributed by atoms with Crippen molar-refractivity contribution < 1.29 is 4.74 Å². The summed E-state index contributed by atoms with van der Waals surface area (Å²) in [5.74, 6) is 1.66. The number of nitrogens with one attached hydrogen (secondary N) is 3. The van der Waals surface area contributed by atoms with Crippen LogP contribution in [-0.2, 0) is 11.2 Å². The van der Waals surface area contributed by atoms with Crippen LogP contribution in [0.5, 0.6) is 0 Å². The van der Waals surface area contributed by atoms with Gasteiger partial charge in [-0.2, -0.15) is 0 Å². The average Bonchev–Trinajstić information content (AvgIpc) is 3.03. The molecule has 0 spiro atoms. The molecule has 3 N–H and O–H groups in total. The zero-order valence-corrected chi connectivity index (χ0v) is 13.9. The van der Waals surface area contributed by atoms with Gasteiger partial charge in [-0.3, -0.25) is 0 Å². The summed E-state index contributed by atoms with van der Waals surface area (Å²) < 4.78 is 5.03. The number of methoxy groups -OCH3 is 1. The maximum atomic E-state index is 5.03. The summed E-state index contributed by atoms with van der Waals surface area (Å²) in [6, 6.07) is 10.3. The quantitative estimate of drug-likeness (QED) is 0.527. The molecule has 6 heteroatoms. The monoisotopic (exact) mass is 325 g/mol. The Morgan fingerprint density at radius 1 is 1.08 bits per heavy atom. The highest BCUT2D eigenvalue weighted by molar-refractivity contribution is 5.83. The van der Waals surface area contributed by atoms with E-state index in [0.29, 0.717) is 0 Å². The SMILES string of the molecule is COCCCNc1cc(NCCc2c[nH]c3ccccc23)ncn1. The molecule has 0 saturated heterocycles. The van der Waals surface area contributed by atoms with Crippen molar-refractivity contribution in [2.45, 2.75) is 12.8 Å². The van der Waals surface area contributed by atoms with Crippen LogP contribution in [0.2, 0.25) is 0 Å². The molecule has 24 heavy (non-hydrogen) atoms. The van der Waals surface area contributed by atoms with Gasteiger partial charge in [0, 0.05) is 50.0 Å². The van der Waals surface area contributed by atoms with E-state index in [1.54, 1.807) is 13.4 Å². The topological polar surface area (TPSA) is 74.9 Å². The molecule has 0 saturated carbocycles. The molecule has 0 aliphatic heterocycles. The van der Waals surface area contributed by atoms with Gasteiger partial charge in [-0.1, -0.05) is 18.2 Å². The Bertz CT molecular complexity index is 771. The number of anilines is 2. The molecule has 0 aliphatic carbocycles. The first-order chi connectivity index (χ1) is 11.9. The lowest BCUT2D eigenvalue weighted by Crippen LogP contribution is -2.09. The minimum Gasteiger partial charge on any atom is -0.385 e. The third kappa shape index (κ3) is 4.23. The second kappa shape index (κ2) is 8.31. The Balaban J connectivity index is 1.51. The summed E-state index contributed by atoms with van der Waals surface area (Å²) in [5.41, 5.74) is 2.49. The lowest BCUT2D eigenvalue weighted by molar-refractivity contribution is 0.198. The maximum Gasteiger partial charge on any atom is 0.131 e. The highest BCUT2D eigenvalue weighted by atomic mass is 16.5. The zero-order valence-electron chi connectivity index (χ0n) is 13.9. The predicted molar refractivity (Wildman–Crippen MR) is 97.5 cm³/mol. The van der Waals surface area contributed by atoms with Crippen LogP contribution in [0.25, 0.3) is 10.9 Å².